The minimum absolute atomic E-state index is 0.295. The van der Waals surface area contributed by atoms with Crippen molar-refractivity contribution in [1.82, 2.24) is 0 Å². The minimum Gasteiger partial charge on any atom is -0.463 e. The summed E-state index contributed by atoms with van der Waals surface area (Å²) >= 11 is 0. The number of ether oxygens (including phenoxy) is 7. The van der Waals surface area contributed by atoms with E-state index in [0.29, 0.717) is 12.8 Å². The van der Waals surface area contributed by atoms with E-state index in [0.717, 1.165) is 20.8 Å². The van der Waals surface area contributed by atoms with Crippen LogP contribution in [-0.4, -0.2) is 79.4 Å². The maximum absolute atomic E-state index is 11.8. The molecule has 0 bridgehead atoms. The Labute approximate surface area is 196 Å². The predicted octanol–water partition coefficient (Wildman–Crippen LogP) is 0.736. The van der Waals surface area contributed by atoms with Crippen LogP contribution in [-0.2, 0) is 57.1 Å². The zero-order chi connectivity index (χ0) is 25.4. The molecule has 1 fully saturated rings. The molecule has 0 spiro atoms. The van der Waals surface area contributed by atoms with Crippen molar-refractivity contribution in [3.63, 3.8) is 0 Å². The van der Waals surface area contributed by atoms with E-state index in [4.69, 9.17) is 33.2 Å². The molecule has 12 heteroatoms. The third-order valence-electron chi connectivity index (χ3n) is 4.85. The fourth-order valence-corrected chi connectivity index (χ4v) is 3.67. The van der Waals surface area contributed by atoms with Crippen molar-refractivity contribution in [2.75, 3.05) is 6.61 Å². The number of hydrogen-bond donors (Lipinski definition) is 0. The van der Waals surface area contributed by atoms with E-state index in [9.17, 15) is 24.0 Å². The first kappa shape index (κ1) is 27.3. The Morgan fingerprint density at radius 2 is 1.53 bits per heavy atom. The van der Waals surface area contributed by atoms with Crippen molar-refractivity contribution in [2.24, 2.45) is 0 Å². The molecule has 0 amide bonds. The van der Waals surface area contributed by atoms with E-state index >= 15 is 0 Å². The van der Waals surface area contributed by atoms with Crippen LogP contribution in [0.3, 0.4) is 0 Å². The Morgan fingerprint density at radius 1 is 0.941 bits per heavy atom. The van der Waals surface area contributed by atoms with Gasteiger partial charge in [0.25, 0.3) is 0 Å². The molecule has 2 aliphatic rings. The molecule has 34 heavy (non-hydrogen) atoms. The Hall–Kier alpha value is -2.99. The third kappa shape index (κ3) is 8.41. The van der Waals surface area contributed by atoms with Crippen LogP contribution in [0.15, 0.2) is 12.2 Å². The van der Waals surface area contributed by atoms with Crippen LogP contribution >= 0.6 is 0 Å². The average molecular weight is 486 g/mol. The van der Waals surface area contributed by atoms with E-state index in [1.807, 2.05) is 0 Å². The molecule has 0 N–H and O–H groups in total. The number of hydrogen-bond acceptors (Lipinski definition) is 12. The highest BCUT2D eigenvalue weighted by molar-refractivity contribution is 5.82. The molecule has 190 valence electrons. The second kappa shape index (κ2) is 12.5. The second-order valence-electron chi connectivity index (χ2n) is 7.95. The van der Waals surface area contributed by atoms with Crippen LogP contribution < -0.4 is 0 Å². The third-order valence-corrected chi connectivity index (χ3v) is 4.85. The highest BCUT2D eigenvalue weighted by atomic mass is 16.7. The van der Waals surface area contributed by atoms with Gasteiger partial charge in [0.15, 0.2) is 24.6 Å². The topological polar surface area (TPSA) is 150 Å². The first-order valence-electron chi connectivity index (χ1n) is 10.8. The first-order chi connectivity index (χ1) is 16.0. The van der Waals surface area contributed by atoms with Crippen molar-refractivity contribution >= 4 is 29.8 Å². The van der Waals surface area contributed by atoms with Crippen LogP contribution in [0.25, 0.3) is 0 Å². The molecule has 0 aliphatic carbocycles. The van der Waals surface area contributed by atoms with Gasteiger partial charge in [0, 0.05) is 46.6 Å². The Morgan fingerprint density at radius 3 is 2.09 bits per heavy atom. The molecule has 2 rings (SSSR count). The standard InChI is InChI=1S/C22H30O12/c1-11(9-16-7-6-8-18(27)33-16)29-22-21(32-15(5)26)20(31-14(4)25)19(30-13(3)24)17(34-22)10-28-12(2)23/h6,8,11,16-17,19-22H,7,9-10H2,1-5H3/t11-,16+,17+,19+,20-,21+,22+/m0/s1. The van der Waals surface area contributed by atoms with Gasteiger partial charge in [0.1, 0.15) is 18.8 Å². The fourth-order valence-electron chi connectivity index (χ4n) is 3.67. The maximum Gasteiger partial charge on any atom is 0.330 e. The van der Waals surface area contributed by atoms with Crippen LogP contribution in [0.5, 0.6) is 0 Å². The Kier molecular flexibility index (Phi) is 9.99. The summed E-state index contributed by atoms with van der Waals surface area (Å²) in [7, 11) is 0. The molecule has 12 nitrogen and oxygen atoms in total. The van der Waals surface area contributed by atoms with E-state index in [1.54, 1.807) is 13.0 Å². The predicted molar refractivity (Wildman–Crippen MR) is 111 cm³/mol. The number of cyclic esters (lactones) is 1. The molecule has 0 unspecified atom stereocenters. The summed E-state index contributed by atoms with van der Waals surface area (Å²) in [6, 6.07) is 0. The summed E-state index contributed by atoms with van der Waals surface area (Å²) in [4.78, 5) is 58.3. The van der Waals surface area contributed by atoms with Gasteiger partial charge in [0.2, 0.25) is 0 Å². The van der Waals surface area contributed by atoms with E-state index < -0.39 is 72.8 Å². The molecule has 1 saturated heterocycles. The smallest absolute Gasteiger partial charge is 0.330 e. The summed E-state index contributed by atoms with van der Waals surface area (Å²) in [6.07, 6.45) is -3.45. The molecule has 2 aliphatic heterocycles. The van der Waals surface area contributed by atoms with Crippen LogP contribution in [0.2, 0.25) is 0 Å². The number of carbonyl (C=O) groups is 5. The van der Waals surface area contributed by atoms with Gasteiger partial charge in [-0.1, -0.05) is 6.08 Å². The van der Waals surface area contributed by atoms with Crippen molar-refractivity contribution in [3.05, 3.63) is 12.2 Å². The molecule has 2 heterocycles. The number of carbonyl (C=O) groups excluding carboxylic acids is 5. The van der Waals surface area contributed by atoms with E-state index in [2.05, 4.69) is 0 Å². The second-order valence-corrected chi connectivity index (χ2v) is 7.95. The highest BCUT2D eigenvalue weighted by Gasteiger charge is 2.53. The van der Waals surface area contributed by atoms with Gasteiger partial charge < -0.3 is 33.2 Å². The van der Waals surface area contributed by atoms with Crippen molar-refractivity contribution in [1.29, 1.82) is 0 Å². The largest absolute Gasteiger partial charge is 0.463 e. The minimum atomic E-state index is -1.31. The van der Waals surface area contributed by atoms with E-state index in [-0.39, 0.29) is 6.61 Å². The quantitative estimate of drug-likeness (QED) is 0.334. The first-order valence-corrected chi connectivity index (χ1v) is 10.8. The Balaban J connectivity index is 2.30. The lowest BCUT2D eigenvalue weighted by atomic mass is 9.98. The summed E-state index contributed by atoms with van der Waals surface area (Å²) in [5.74, 6) is -3.26. The molecule has 0 aromatic carbocycles. The highest BCUT2D eigenvalue weighted by Crippen LogP contribution is 2.31. The van der Waals surface area contributed by atoms with Gasteiger partial charge in [-0.25, -0.2) is 4.79 Å². The normalized spacial score (nSPS) is 29.4. The lowest BCUT2D eigenvalue weighted by Crippen LogP contribution is -2.63. The lowest BCUT2D eigenvalue weighted by molar-refractivity contribution is -0.316. The van der Waals surface area contributed by atoms with Gasteiger partial charge in [-0.05, 0) is 6.92 Å². The van der Waals surface area contributed by atoms with E-state index in [1.165, 1.54) is 13.0 Å². The average Bonchev–Trinajstić information content (AvgIpc) is 2.70. The van der Waals surface area contributed by atoms with Crippen molar-refractivity contribution < 1.29 is 57.1 Å². The van der Waals surface area contributed by atoms with Gasteiger partial charge in [0.05, 0.1) is 6.10 Å². The summed E-state index contributed by atoms with van der Waals surface area (Å²) in [5.41, 5.74) is 0. The van der Waals surface area contributed by atoms with Crippen LogP contribution in [0.4, 0.5) is 0 Å². The SMILES string of the molecule is CC(=O)OC[C@H]1O[C@@H](O[C@@H](C)C[C@H]2CC=CC(=O)O2)[C@H](OC(C)=O)[C@@H](OC(C)=O)[C@@H]1OC(C)=O. The van der Waals surface area contributed by atoms with Gasteiger partial charge in [-0.3, -0.25) is 19.2 Å². The van der Waals surface area contributed by atoms with Gasteiger partial charge in [-0.2, -0.15) is 0 Å². The van der Waals surface area contributed by atoms with Crippen molar-refractivity contribution in [2.45, 2.75) is 90.4 Å². The zero-order valence-electron chi connectivity index (χ0n) is 19.7. The molecule has 0 radical (unpaired) electrons. The molecule has 0 saturated carbocycles. The summed E-state index contributed by atoms with van der Waals surface area (Å²) in [6.45, 7) is 5.95. The molecular weight excluding hydrogens is 456 g/mol. The number of esters is 5. The van der Waals surface area contributed by atoms with Gasteiger partial charge in [-0.15, -0.1) is 0 Å². The molecule has 7 atom stereocenters. The molecular formula is C22H30O12. The van der Waals surface area contributed by atoms with Crippen LogP contribution in [0.1, 0.15) is 47.5 Å². The zero-order valence-corrected chi connectivity index (χ0v) is 19.7. The maximum atomic E-state index is 11.8. The van der Waals surface area contributed by atoms with Crippen LogP contribution in [0, 0.1) is 0 Å². The number of rotatable bonds is 9. The lowest BCUT2D eigenvalue weighted by Gasteiger charge is -2.44. The molecule has 0 aromatic rings. The Bertz CT molecular complexity index is 806. The van der Waals surface area contributed by atoms with Crippen molar-refractivity contribution in [3.8, 4) is 0 Å². The summed E-state index contributed by atoms with van der Waals surface area (Å²) in [5, 5.41) is 0. The molecule has 0 aromatic heterocycles. The monoisotopic (exact) mass is 486 g/mol. The fraction of sp³-hybridized carbons (Fsp3) is 0.682. The van der Waals surface area contributed by atoms with Gasteiger partial charge >= 0.3 is 29.8 Å². The summed E-state index contributed by atoms with van der Waals surface area (Å²) < 4.78 is 38.1.